The Labute approximate surface area is 95.6 Å². The lowest BCUT2D eigenvalue weighted by Crippen LogP contribution is -2.36. The van der Waals surface area contributed by atoms with Crippen LogP contribution >= 0.6 is 0 Å². The fourth-order valence-electron chi connectivity index (χ4n) is 2.26. The molecule has 0 radical (unpaired) electrons. The van der Waals surface area contributed by atoms with Crippen LogP contribution in [0.1, 0.15) is 12.2 Å². The first kappa shape index (κ1) is 11.6. The molecule has 90 valence electrons. The van der Waals surface area contributed by atoms with Crippen LogP contribution in [-0.2, 0) is 16.3 Å². The van der Waals surface area contributed by atoms with Crippen LogP contribution in [0.15, 0.2) is 12.4 Å². The van der Waals surface area contributed by atoms with Crippen molar-refractivity contribution in [3.05, 3.63) is 18.2 Å². The summed E-state index contributed by atoms with van der Waals surface area (Å²) in [6.07, 6.45) is 5.01. The lowest BCUT2D eigenvalue weighted by atomic mass is 9.96. The molecule has 2 atom stereocenters. The summed E-state index contributed by atoms with van der Waals surface area (Å²) < 4.78 is 22.8. The normalized spacial score (nSPS) is 25.7. The van der Waals surface area contributed by atoms with Gasteiger partial charge in [0.05, 0.1) is 11.5 Å². The van der Waals surface area contributed by atoms with Crippen molar-refractivity contribution in [2.24, 2.45) is 5.92 Å². The van der Waals surface area contributed by atoms with Crippen LogP contribution < -0.4 is 5.32 Å². The summed E-state index contributed by atoms with van der Waals surface area (Å²) in [6, 6.07) is 0.184. The van der Waals surface area contributed by atoms with Crippen LogP contribution in [0.25, 0.3) is 0 Å². The Hall–Kier alpha value is -0.880. The number of aromatic nitrogens is 2. The highest BCUT2D eigenvalue weighted by molar-refractivity contribution is 7.91. The molecule has 5 nitrogen and oxygen atoms in total. The van der Waals surface area contributed by atoms with E-state index in [1.54, 1.807) is 12.4 Å². The number of rotatable bonds is 4. The maximum Gasteiger partial charge on any atom is 0.150 e. The van der Waals surface area contributed by atoms with Gasteiger partial charge >= 0.3 is 0 Å². The van der Waals surface area contributed by atoms with Gasteiger partial charge in [-0.1, -0.05) is 0 Å². The van der Waals surface area contributed by atoms with Crippen LogP contribution in [0.4, 0.5) is 0 Å². The van der Waals surface area contributed by atoms with Crippen LogP contribution in [-0.4, -0.2) is 43.0 Å². The van der Waals surface area contributed by atoms with Crippen molar-refractivity contribution in [1.82, 2.24) is 15.3 Å². The summed E-state index contributed by atoms with van der Waals surface area (Å²) in [5.41, 5.74) is 0. The topological polar surface area (TPSA) is 74.8 Å². The summed E-state index contributed by atoms with van der Waals surface area (Å²) in [4.78, 5) is 7.21. The number of nitrogens with zero attached hydrogens (tertiary/aromatic N) is 1. The quantitative estimate of drug-likeness (QED) is 0.779. The molecule has 2 heterocycles. The molecular weight excluding hydrogens is 226 g/mol. The number of likely N-dealkylation sites (N-methyl/N-ethyl adjacent to an activating group) is 1. The van der Waals surface area contributed by atoms with Crippen LogP contribution in [0.5, 0.6) is 0 Å². The average Bonchev–Trinajstić information content (AvgIpc) is 2.83. The Kier molecular flexibility index (Phi) is 3.30. The zero-order valence-corrected chi connectivity index (χ0v) is 10.1. The highest BCUT2D eigenvalue weighted by Gasteiger charge is 2.33. The first-order valence-corrected chi connectivity index (χ1v) is 7.29. The van der Waals surface area contributed by atoms with Gasteiger partial charge < -0.3 is 10.3 Å². The molecule has 16 heavy (non-hydrogen) atoms. The zero-order chi connectivity index (χ0) is 11.6. The smallest absolute Gasteiger partial charge is 0.150 e. The Morgan fingerprint density at radius 3 is 3.00 bits per heavy atom. The SMILES string of the molecule is CNC(Cc1ncc[nH]1)C1CCS(=O)(=O)C1. The molecule has 0 aromatic carbocycles. The van der Waals surface area contributed by atoms with Crippen molar-refractivity contribution >= 4 is 9.84 Å². The summed E-state index contributed by atoms with van der Waals surface area (Å²) in [5.74, 6) is 1.75. The van der Waals surface area contributed by atoms with Gasteiger partial charge in [-0.15, -0.1) is 0 Å². The predicted molar refractivity (Wildman–Crippen MR) is 61.9 cm³/mol. The fraction of sp³-hybridized carbons (Fsp3) is 0.700. The molecule has 2 rings (SSSR count). The van der Waals surface area contributed by atoms with Crippen LogP contribution in [0, 0.1) is 5.92 Å². The zero-order valence-electron chi connectivity index (χ0n) is 9.31. The van der Waals surface area contributed by atoms with Gasteiger partial charge in [0, 0.05) is 24.9 Å². The highest BCUT2D eigenvalue weighted by atomic mass is 32.2. The molecule has 2 N–H and O–H groups in total. The third kappa shape index (κ3) is 2.62. The molecule has 0 saturated carbocycles. The second kappa shape index (κ2) is 4.55. The van der Waals surface area contributed by atoms with Crippen molar-refractivity contribution in [2.45, 2.75) is 18.9 Å². The number of H-pyrrole nitrogens is 1. The minimum Gasteiger partial charge on any atom is -0.349 e. The number of hydrogen-bond donors (Lipinski definition) is 2. The van der Waals surface area contributed by atoms with Gasteiger partial charge in [-0.2, -0.15) is 0 Å². The maximum atomic E-state index is 11.4. The van der Waals surface area contributed by atoms with Gasteiger partial charge in [0.2, 0.25) is 0 Å². The van der Waals surface area contributed by atoms with E-state index in [0.717, 1.165) is 18.7 Å². The van der Waals surface area contributed by atoms with Crippen molar-refractivity contribution in [2.75, 3.05) is 18.6 Å². The van der Waals surface area contributed by atoms with Crippen molar-refractivity contribution in [3.8, 4) is 0 Å². The third-order valence-electron chi connectivity index (χ3n) is 3.18. The first-order chi connectivity index (χ1) is 7.61. The summed E-state index contributed by atoms with van der Waals surface area (Å²) in [6.45, 7) is 0. The predicted octanol–water partition coefficient (Wildman–Crippen LogP) is -0.0251. The molecule has 6 heteroatoms. The molecule has 1 aromatic heterocycles. The lowest BCUT2D eigenvalue weighted by molar-refractivity contribution is 0.398. The van der Waals surface area contributed by atoms with Crippen molar-refractivity contribution < 1.29 is 8.42 Å². The Balaban J connectivity index is 2.01. The van der Waals surface area contributed by atoms with Crippen LogP contribution in [0.3, 0.4) is 0 Å². The van der Waals surface area contributed by atoms with Gasteiger partial charge in [-0.3, -0.25) is 0 Å². The first-order valence-electron chi connectivity index (χ1n) is 5.46. The molecule has 0 bridgehead atoms. The van der Waals surface area contributed by atoms with E-state index in [4.69, 9.17) is 0 Å². The molecule has 1 aliphatic rings. The molecule has 0 aliphatic carbocycles. The number of nitrogens with one attached hydrogen (secondary N) is 2. The highest BCUT2D eigenvalue weighted by Crippen LogP contribution is 2.23. The van der Waals surface area contributed by atoms with Crippen LogP contribution in [0.2, 0.25) is 0 Å². The van der Waals surface area contributed by atoms with E-state index in [9.17, 15) is 8.42 Å². The second-order valence-electron chi connectivity index (χ2n) is 4.30. The molecular formula is C10H17N3O2S. The number of hydrogen-bond acceptors (Lipinski definition) is 4. The number of aromatic amines is 1. The Morgan fingerprint density at radius 1 is 1.69 bits per heavy atom. The molecule has 2 unspecified atom stereocenters. The van der Waals surface area contributed by atoms with E-state index < -0.39 is 9.84 Å². The van der Waals surface area contributed by atoms with E-state index in [1.165, 1.54) is 0 Å². The minimum atomic E-state index is -2.80. The van der Waals surface area contributed by atoms with E-state index >= 15 is 0 Å². The van der Waals surface area contributed by atoms with Gasteiger partial charge in [0.15, 0.2) is 9.84 Å². The minimum absolute atomic E-state index is 0.184. The third-order valence-corrected chi connectivity index (χ3v) is 4.97. The molecule has 0 amide bonds. The number of sulfone groups is 1. The number of imidazole rings is 1. The van der Waals surface area contributed by atoms with Crippen molar-refractivity contribution in [3.63, 3.8) is 0 Å². The monoisotopic (exact) mass is 243 g/mol. The van der Waals surface area contributed by atoms with Gasteiger partial charge in [0.25, 0.3) is 0 Å². The van der Waals surface area contributed by atoms with Crippen molar-refractivity contribution in [1.29, 1.82) is 0 Å². The van der Waals surface area contributed by atoms with E-state index in [1.807, 2.05) is 7.05 Å². The van der Waals surface area contributed by atoms with E-state index in [2.05, 4.69) is 15.3 Å². The van der Waals surface area contributed by atoms with Gasteiger partial charge in [0.1, 0.15) is 5.82 Å². The Morgan fingerprint density at radius 2 is 2.50 bits per heavy atom. The lowest BCUT2D eigenvalue weighted by Gasteiger charge is -2.20. The fourth-order valence-corrected chi connectivity index (χ4v) is 4.14. The average molecular weight is 243 g/mol. The molecule has 0 spiro atoms. The molecule has 1 saturated heterocycles. The molecule has 1 fully saturated rings. The molecule has 1 aromatic rings. The summed E-state index contributed by atoms with van der Waals surface area (Å²) in [5, 5.41) is 3.20. The second-order valence-corrected chi connectivity index (χ2v) is 6.53. The van der Waals surface area contributed by atoms with Gasteiger partial charge in [-0.05, 0) is 19.4 Å². The standard InChI is InChI=1S/C10H17N3O2S/c1-11-9(6-10-12-3-4-13-10)8-2-5-16(14,15)7-8/h3-4,8-9,11H,2,5-7H2,1H3,(H,12,13). The summed E-state index contributed by atoms with van der Waals surface area (Å²) >= 11 is 0. The maximum absolute atomic E-state index is 11.4. The molecule has 1 aliphatic heterocycles. The van der Waals surface area contributed by atoms with E-state index in [-0.39, 0.29) is 12.0 Å². The largest absolute Gasteiger partial charge is 0.349 e. The van der Waals surface area contributed by atoms with E-state index in [0.29, 0.717) is 11.5 Å². The summed E-state index contributed by atoms with van der Waals surface area (Å²) in [7, 11) is -0.927. The van der Waals surface area contributed by atoms with Gasteiger partial charge in [-0.25, -0.2) is 13.4 Å². The Bertz CT molecular complexity index is 427.